The van der Waals surface area contributed by atoms with Crippen LogP contribution in [0.4, 0.5) is 5.82 Å². The smallest absolute Gasteiger partial charge is 0.129 e. The molecule has 0 amide bonds. The first-order chi connectivity index (χ1) is 9.74. The molecular weight excluding hydrogens is 274 g/mol. The molecule has 0 atom stereocenters. The summed E-state index contributed by atoms with van der Waals surface area (Å²) in [5.41, 5.74) is 2.47. The maximum Gasteiger partial charge on any atom is 0.129 e. The molecule has 5 heteroatoms. The molecule has 0 bridgehead atoms. The van der Waals surface area contributed by atoms with Gasteiger partial charge in [0, 0.05) is 32.9 Å². The number of aromatic nitrogens is 1. The van der Waals surface area contributed by atoms with Gasteiger partial charge in [-0.05, 0) is 30.2 Å². The Hall–Kier alpha value is -1.10. The van der Waals surface area contributed by atoms with Gasteiger partial charge in [-0.2, -0.15) is 0 Å². The predicted molar refractivity (Wildman–Crippen MR) is 83.4 cm³/mol. The van der Waals surface area contributed by atoms with Gasteiger partial charge in [0.1, 0.15) is 5.82 Å². The van der Waals surface area contributed by atoms with Crippen LogP contribution >= 0.6 is 11.6 Å². The van der Waals surface area contributed by atoms with E-state index >= 15 is 0 Å². The Kier molecular flexibility index (Phi) is 5.83. The number of anilines is 1. The van der Waals surface area contributed by atoms with Gasteiger partial charge in [0.15, 0.2) is 0 Å². The third-order valence-electron chi connectivity index (χ3n) is 3.44. The average Bonchev–Trinajstić information content (AvgIpc) is 2.48. The van der Waals surface area contributed by atoms with Crippen LogP contribution in [0.15, 0.2) is 23.9 Å². The molecule has 110 valence electrons. The molecule has 0 unspecified atom stereocenters. The highest BCUT2D eigenvalue weighted by atomic mass is 35.5. The van der Waals surface area contributed by atoms with Crippen LogP contribution in [0, 0.1) is 0 Å². The molecule has 0 aliphatic carbocycles. The molecule has 1 N–H and O–H groups in total. The van der Waals surface area contributed by atoms with E-state index in [9.17, 15) is 0 Å². The number of halogens is 1. The Bertz CT molecular complexity index is 476. The summed E-state index contributed by atoms with van der Waals surface area (Å²) in [7, 11) is 1.74. The van der Waals surface area contributed by atoms with Gasteiger partial charge in [-0.15, -0.1) is 0 Å². The van der Waals surface area contributed by atoms with Crippen molar-refractivity contribution < 1.29 is 4.74 Å². The Morgan fingerprint density at radius 1 is 1.50 bits per heavy atom. The van der Waals surface area contributed by atoms with E-state index in [1.165, 1.54) is 5.57 Å². The summed E-state index contributed by atoms with van der Waals surface area (Å²) >= 11 is 6.19. The topological polar surface area (TPSA) is 37.4 Å². The van der Waals surface area contributed by atoms with Crippen LogP contribution in [0.25, 0.3) is 0 Å². The van der Waals surface area contributed by atoms with E-state index in [4.69, 9.17) is 16.3 Å². The summed E-state index contributed by atoms with van der Waals surface area (Å²) in [6, 6.07) is 2.08. The fourth-order valence-electron chi connectivity index (χ4n) is 2.27. The second-order valence-electron chi connectivity index (χ2n) is 4.91. The van der Waals surface area contributed by atoms with E-state index in [1.54, 1.807) is 13.3 Å². The highest BCUT2D eigenvalue weighted by molar-refractivity contribution is 6.31. The predicted octanol–water partition coefficient (Wildman–Crippen LogP) is 2.63. The second-order valence-corrected chi connectivity index (χ2v) is 5.31. The van der Waals surface area contributed by atoms with E-state index in [0.29, 0.717) is 0 Å². The maximum atomic E-state index is 6.19. The molecule has 2 heterocycles. The molecule has 0 spiro atoms. The molecule has 0 saturated carbocycles. The van der Waals surface area contributed by atoms with E-state index in [2.05, 4.69) is 34.3 Å². The second kappa shape index (κ2) is 7.62. The van der Waals surface area contributed by atoms with Crippen LogP contribution in [0.2, 0.25) is 5.02 Å². The standard InChI is InChI=1S/C15H22ClN3O/c1-3-17-9-13-8-15(18-10-14(13)16)19-6-4-12(5-7-19)11-20-2/h4,8,10,17H,3,5-7,9,11H2,1-2H3. The molecule has 0 radical (unpaired) electrons. The fourth-order valence-corrected chi connectivity index (χ4v) is 2.44. The molecule has 1 aromatic rings. The van der Waals surface area contributed by atoms with Crippen LogP contribution in [0.1, 0.15) is 18.9 Å². The van der Waals surface area contributed by atoms with Crippen molar-refractivity contribution in [3.8, 4) is 0 Å². The Balaban J connectivity index is 2.06. The first-order valence-corrected chi connectivity index (χ1v) is 7.39. The lowest BCUT2D eigenvalue weighted by Gasteiger charge is -2.27. The fraction of sp³-hybridized carbons (Fsp3) is 0.533. The molecule has 1 aliphatic heterocycles. The van der Waals surface area contributed by atoms with Crippen molar-refractivity contribution in [3.05, 3.63) is 34.5 Å². The monoisotopic (exact) mass is 295 g/mol. The lowest BCUT2D eigenvalue weighted by molar-refractivity contribution is 0.222. The highest BCUT2D eigenvalue weighted by Crippen LogP contribution is 2.23. The molecule has 2 rings (SSSR count). The van der Waals surface area contributed by atoms with E-state index < -0.39 is 0 Å². The highest BCUT2D eigenvalue weighted by Gasteiger charge is 2.14. The summed E-state index contributed by atoms with van der Waals surface area (Å²) in [5, 5.41) is 4.02. The molecule has 0 fully saturated rings. The number of ether oxygens (including phenoxy) is 1. The first kappa shape index (κ1) is 15.3. The number of nitrogens with zero attached hydrogens (tertiary/aromatic N) is 2. The Morgan fingerprint density at radius 3 is 3.00 bits per heavy atom. The quantitative estimate of drug-likeness (QED) is 0.819. The minimum Gasteiger partial charge on any atom is -0.380 e. The summed E-state index contributed by atoms with van der Waals surface area (Å²) < 4.78 is 5.17. The largest absolute Gasteiger partial charge is 0.380 e. The van der Waals surface area contributed by atoms with Crippen LogP contribution in [-0.2, 0) is 11.3 Å². The summed E-state index contributed by atoms with van der Waals surface area (Å²) in [6.07, 6.45) is 5.01. The number of hydrogen-bond donors (Lipinski definition) is 1. The molecule has 0 aromatic carbocycles. The van der Waals surface area contributed by atoms with Crippen molar-refractivity contribution in [2.45, 2.75) is 19.9 Å². The summed E-state index contributed by atoms with van der Waals surface area (Å²) in [6.45, 7) is 6.39. The van der Waals surface area contributed by atoms with Crippen LogP contribution in [-0.4, -0.2) is 38.3 Å². The number of hydrogen-bond acceptors (Lipinski definition) is 4. The zero-order chi connectivity index (χ0) is 14.4. The Morgan fingerprint density at radius 2 is 2.35 bits per heavy atom. The lowest BCUT2D eigenvalue weighted by Crippen LogP contribution is -2.30. The number of nitrogens with one attached hydrogen (secondary N) is 1. The zero-order valence-corrected chi connectivity index (χ0v) is 12.9. The van der Waals surface area contributed by atoms with Gasteiger partial charge >= 0.3 is 0 Å². The SMILES string of the molecule is CCNCc1cc(N2CC=C(COC)CC2)ncc1Cl. The van der Waals surface area contributed by atoms with Gasteiger partial charge in [0.2, 0.25) is 0 Å². The van der Waals surface area contributed by atoms with Crippen LogP contribution in [0.5, 0.6) is 0 Å². The van der Waals surface area contributed by atoms with Gasteiger partial charge in [0.25, 0.3) is 0 Å². The number of methoxy groups -OCH3 is 1. The third-order valence-corrected chi connectivity index (χ3v) is 3.78. The molecule has 4 nitrogen and oxygen atoms in total. The average molecular weight is 296 g/mol. The van der Waals surface area contributed by atoms with Crippen molar-refractivity contribution in [1.82, 2.24) is 10.3 Å². The van der Waals surface area contributed by atoms with Gasteiger partial charge in [0.05, 0.1) is 11.6 Å². The third kappa shape index (κ3) is 3.95. The number of pyridine rings is 1. The Labute approximate surface area is 125 Å². The summed E-state index contributed by atoms with van der Waals surface area (Å²) in [5.74, 6) is 0.995. The minimum atomic E-state index is 0.724. The van der Waals surface area contributed by atoms with Crippen molar-refractivity contribution in [2.24, 2.45) is 0 Å². The van der Waals surface area contributed by atoms with Crippen molar-refractivity contribution in [3.63, 3.8) is 0 Å². The van der Waals surface area contributed by atoms with Gasteiger partial charge in [-0.25, -0.2) is 4.98 Å². The van der Waals surface area contributed by atoms with Crippen molar-refractivity contribution in [1.29, 1.82) is 0 Å². The molecule has 20 heavy (non-hydrogen) atoms. The minimum absolute atomic E-state index is 0.724. The molecule has 1 aromatic heterocycles. The van der Waals surface area contributed by atoms with Gasteiger partial charge in [-0.1, -0.05) is 24.6 Å². The van der Waals surface area contributed by atoms with E-state index in [0.717, 1.165) is 55.6 Å². The molecule has 0 saturated heterocycles. The lowest BCUT2D eigenvalue weighted by atomic mass is 10.1. The van der Waals surface area contributed by atoms with Crippen molar-refractivity contribution in [2.75, 3.05) is 38.3 Å². The van der Waals surface area contributed by atoms with Crippen LogP contribution < -0.4 is 10.2 Å². The van der Waals surface area contributed by atoms with E-state index in [1.807, 2.05) is 0 Å². The molecular formula is C15H22ClN3O. The number of rotatable bonds is 6. The summed E-state index contributed by atoms with van der Waals surface area (Å²) in [4.78, 5) is 6.72. The zero-order valence-electron chi connectivity index (χ0n) is 12.2. The molecule has 1 aliphatic rings. The first-order valence-electron chi connectivity index (χ1n) is 7.01. The van der Waals surface area contributed by atoms with Gasteiger partial charge < -0.3 is 15.0 Å². The normalized spacial score (nSPS) is 15.3. The van der Waals surface area contributed by atoms with Gasteiger partial charge in [-0.3, -0.25) is 0 Å². The van der Waals surface area contributed by atoms with Crippen molar-refractivity contribution >= 4 is 17.4 Å². The van der Waals surface area contributed by atoms with E-state index in [-0.39, 0.29) is 0 Å². The maximum absolute atomic E-state index is 6.19. The van der Waals surface area contributed by atoms with Crippen LogP contribution in [0.3, 0.4) is 0 Å².